The van der Waals surface area contributed by atoms with E-state index in [1.54, 1.807) is 7.11 Å². The first-order chi connectivity index (χ1) is 12.7. The van der Waals surface area contributed by atoms with Gasteiger partial charge in [0.2, 0.25) is 5.91 Å². The van der Waals surface area contributed by atoms with Crippen LogP contribution in [0.5, 0.6) is 5.75 Å². The highest BCUT2D eigenvalue weighted by atomic mass is 16.5. The topological polar surface area (TPSA) is 56.1 Å². The van der Waals surface area contributed by atoms with Gasteiger partial charge >= 0.3 is 0 Å². The zero-order valence-electron chi connectivity index (χ0n) is 15.6. The van der Waals surface area contributed by atoms with E-state index in [-0.39, 0.29) is 11.8 Å². The smallest absolute Gasteiger partial charge is 0.221 e. The van der Waals surface area contributed by atoms with Crippen LogP contribution < -0.4 is 10.1 Å². The molecule has 138 valence electrons. The lowest BCUT2D eigenvalue weighted by molar-refractivity contribution is -0.121. The summed E-state index contributed by atoms with van der Waals surface area (Å²) in [5.74, 6) is 2.08. The van der Waals surface area contributed by atoms with Crippen LogP contribution in [0.2, 0.25) is 0 Å². The molecule has 2 atom stereocenters. The summed E-state index contributed by atoms with van der Waals surface area (Å²) in [4.78, 5) is 17.3. The minimum Gasteiger partial charge on any atom is -0.497 e. The number of methoxy groups -OCH3 is 1. The highest BCUT2D eigenvalue weighted by Crippen LogP contribution is 2.35. The number of amides is 1. The van der Waals surface area contributed by atoms with Crippen molar-refractivity contribution < 1.29 is 9.53 Å². The van der Waals surface area contributed by atoms with Crippen LogP contribution in [-0.4, -0.2) is 28.6 Å². The van der Waals surface area contributed by atoms with Crippen LogP contribution in [0.4, 0.5) is 0 Å². The SMILES string of the molecule is COc1cccc([C@H](CC(=O)NC2CC2)c2cnc3n2[C@@H](C)CCC3)c1. The number of carbonyl (C=O) groups is 1. The third-order valence-corrected chi connectivity index (χ3v) is 5.55. The number of imidazole rings is 1. The second-order valence-corrected chi connectivity index (χ2v) is 7.59. The van der Waals surface area contributed by atoms with E-state index >= 15 is 0 Å². The molecule has 0 radical (unpaired) electrons. The predicted molar refractivity (Wildman–Crippen MR) is 100 cm³/mol. The molecule has 2 aliphatic rings. The summed E-state index contributed by atoms with van der Waals surface area (Å²) in [6, 6.07) is 8.88. The maximum atomic E-state index is 12.6. The van der Waals surface area contributed by atoms with Crippen LogP contribution in [0, 0.1) is 0 Å². The fraction of sp³-hybridized carbons (Fsp3) is 0.524. The summed E-state index contributed by atoms with van der Waals surface area (Å²) in [7, 11) is 1.68. The molecule has 0 spiro atoms. The van der Waals surface area contributed by atoms with Gasteiger partial charge in [0, 0.05) is 42.7 Å². The molecule has 1 aromatic carbocycles. The van der Waals surface area contributed by atoms with Gasteiger partial charge in [0.15, 0.2) is 0 Å². The zero-order chi connectivity index (χ0) is 18.1. The molecule has 1 fully saturated rings. The van der Waals surface area contributed by atoms with Crippen LogP contribution >= 0.6 is 0 Å². The molecule has 4 rings (SSSR count). The molecule has 0 unspecified atom stereocenters. The molecule has 0 saturated heterocycles. The van der Waals surface area contributed by atoms with Crippen molar-refractivity contribution >= 4 is 5.91 Å². The first kappa shape index (κ1) is 17.1. The molecule has 5 heteroatoms. The number of hydrogen-bond donors (Lipinski definition) is 1. The summed E-state index contributed by atoms with van der Waals surface area (Å²) >= 11 is 0. The van der Waals surface area contributed by atoms with E-state index in [1.807, 2.05) is 24.4 Å². The molecular weight excluding hydrogens is 326 g/mol. The summed E-state index contributed by atoms with van der Waals surface area (Å²) in [5, 5.41) is 3.14. The van der Waals surface area contributed by atoms with Gasteiger partial charge in [-0.2, -0.15) is 0 Å². The number of ether oxygens (including phenoxy) is 1. The highest BCUT2D eigenvalue weighted by Gasteiger charge is 2.30. The van der Waals surface area contributed by atoms with Crippen molar-refractivity contribution in [2.75, 3.05) is 7.11 Å². The molecule has 1 aliphatic carbocycles. The standard InChI is InChI=1S/C21H27N3O2/c1-14-5-3-8-20-22-13-19(24(14)20)18(12-21(25)23-16-9-10-16)15-6-4-7-17(11-15)26-2/h4,6-7,11,13-14,16,18H,3,5,8-10,12H2,1-2H3,(H,23,25)/t14-,18-/m0/s1. The Bertz CT molecular complexity index is 794. The van der Waals surface area contributed by atoms with Crippen LogP contribution in [-0.2, 0) is 11.2 Å². The van der Waals surface area contributed by atoms with E-state index in [2.05, 4.69) is 27.9 Å². The summed E-state index contributed by atoms with van der Waals surface area (Å²) < 4.78 is 7.77. The average molecular weight is 353 g/mol. The van der Waals surface area contributed by atoms with Crippen molar-refractivity contribution in [1.29, 1.82) is 0 Å². The Kier molecular flexibility index (Phi) is 4.70. The minimum atomic E-state index is -0.00866. The summed E-state index contributed by atoms with van der Waals surface area (Å²) in [6.07, 6.45) is 8.00. The number of hydrogen-bond acceptors (Lipinski definition) is 3. The molecule has 26 heavy (non-hydrogen) atoms. The molecular formula is C21H27N3O2. The zero-order valence-corrected chi connectivity index (χ0v) is 15.6. The Balaban J connectivity index is 1.70. The number of nitrogens with zero attached hydrogens (tertiary/aromatic N) is 2. The van der Waals surface area contributed by atoms with Crippen molar-refractivity contribution in [3.8, 4) is 5.75 Å². The van der Waals surface area contributed by atoms with Crippen LogP contribution in [0.15, 0.2) is 30.5 Å². The van der Waals surface area contributed by atoms with Crippen LogP contribution in [0.3, 0.4) is 0 Å². The van der Waals surface area contributed by atoms with E-state index in [0.29, 0.717) is 18.5 Å². The number of rotatable bonds is 6. The normalized spacial score (nSPS) is 20.3. The van der Waals surface area contributed by atoms with Gasteiger partial charge in [-0.15, -0.1) is 0 Å². The second kappa shape index (κ2) is 7.14. The summed E-state index contributed by atoms with van der Waals surface area (Å²) in [5.41, 5.74) is 2.25. The monoisotopic (exact) mass is 353 g/mol. The number of carbonyl (C=O) groups excluding carboxylic acids is 1. The molecule has 2 heterocycles. The third-order valence-electron chi connectivity index (χ3n) is 5.55. The van der Waals surface area contributed by atoms with Gasteiger partial charge in [0.1, 0.15) is 11.6 Å². The molecule has 1 N–H and O–H groups in total. The quantitative estimate of drug-likeness (QED) is 0.863. The first-order valence-electron chi connectivity index (χ1n) is 9.65. The van der Waals surface area contributed by atoms with E-state index in [0.717, 1.165) is 48.5 Å². The maximum Gasteiger partial charge on any atom is 0.221 e. The molecule has 1 saturated carbocycles. The maximum absolute atomic E-state index is 12.6. The molecule has 2 aromatic rings. The Hall–Kier alpha value is -2.30. The van der Waals surface area contributed by atoms with E-state index in [9.17, 15) is 4.79 Å². The fourth-order valence-corrected chi connectivity index (χ4v) is 4.00. The van der Waals surface area contributed by atoms with Crippen LogP contribution in [0.25, 0.3) is 0 Å². The van der Waals surface area contributed by atoms with Crippen molar-refractivity contribution in [3.63, 3.8) is 0 Å². The Morgan fingerprint density at radius 2 is 2.23 bits per heavy atom. The Morgan fingerprint density at radius 1 is 1.38 bits per heavy atom. The fourth-order valence-electron chi connectivity index (χ4n) is 4.00. The van der Waals surface area contributed by atoms with Gasteiger partial charge in [0.05, 0.1) is 7.11 Å². The van der Waals surface area contributed by atoms with E-state index in [1.165, 1.54) is 6.42 Å². The second-order valence-electron chi connectivity index (χ2n) is 7.59. The van der Waals surface area contributed by atoms with Crippen molar-refractivity contribution in [2.24, 2.45) is 0 Å². The van der Waals surface area contributed by atoms with E-state index < -0.39 is 0 Å². The summed E-state index contributed by atoms with van der Waals surface area (Å²) in [6.45, 7) is 2.25. The first-order valence-corrected chi connectivity index (χ1v) is 9.65. The molecule has 0 bridgehead atoms. The molecule has 5 nitrogen and oxygen atoms in total. The van der Waals surface area contributed by atoms with Gasteiger partial charge in [-0.05, 0) is 50.3 Å². The lowest BCUT2D eigenvalue weighted by Crippen LogP contribution is -2.28. The van der Waals surface area contributed by atoms with Gasteiger partial charge in [0.25, 0.3) is 0 Å². The van der Waals surface area contributed by atoms with Gasteiger partial charge in [-0.1, -0.05) is 12.1 Å². The van der Waals surface area contributed by atoms with E-state index in [4.69, 9.17) is 4.74 Å². The number of nitrogens with one attached hydrogen (secondary N) is 1. The Labute approximate surface area is 154 Å². The minimum absolute atomic E-state index is 0.00866. The number of fused-ring (bicyclic) bond motifs is 1. The largest absolute Gasteiger partial charge is 0.497 e. The molecule has 1 amide bonds. The molecule has 1 aliphatic heterocycles. The van der Waals surface area contributed by atoms with Gasteiger partial charge < -0.3 is 14.6 Å². The number of aromatic nitrogens is 2. The number of benzene rings is 1. The average Bonchev–Trinajstić information content (AvgIpc) is 3.35. The lowest BCUT2D eigenvalue weighted by Gasteiger charge is -2.27. The number of aryl methyl sites for hydroxylation is 1. The van der Waals surface area contributed by atoms with Crippen LogP contribution in [0.1, 0.15) is 68.1 Å². The lowest BCUT2D eigenvalue weighted by atomic mass is 9.91. The van der Waals surface area contributed by atoms with Crippen molar-refractivity contribution in [2.45, 2.75) is 63.5 Å². The molecule has 1 aromatic heterocycles. The Morgan fingerprint density at radius 3 is 3.00 bits per heavy atom. The van der Waals surface area contributed by atoms with Gasteiger partial charge in [-0.3, -0.25) is 4.79 Å². The highest BCUT2D eigenvalue weighted by molar-refractivity contribution is 5.78. The van der Waals surface area contributed by atoms with Crippen molar-refractivity contribution in [1.82, 2.24) is 14.9 Å². The van der Waals surface area contributed by atoms with Gasteiger partial charge in [-0.25, -0.2) is 4.98 Å². The predicted octanol–water partition coefficient (Wildman–Crippen LogP) is 3.59. The third kappa shape index (κ3) is 3.48. The van der Waals surface area contributed by atoms with Crippen molar-refractivity contribution in [3.05, 3.63) is 47.5 Å².